The fourth-order valence-electron chi connectivity index (χ4n) is 3.04. The summed E-state index contributed by atoms with van der Waals surface area (Å²) in [6, 6.07) is 16.6. The van der Waals surface area contributed by atoms with E-state index in [1.54, 1.807) is 24.3 Å². The molecule has 1 N–H and O–H groups in total. The first kappa shape index (κ1) is 16.2. The second-order valence-electron chi connectivity index (χ2n) is 6.31. The van der Waals surface area contributed by atoms with E-state index in [2.05, 4.69) is 12.2 Å². The summed E-state index contributed by atoms with van der Waals surface area (Å²) in [7, 11) is 1.33. The molecular formula is C20H21NO3. The van der Waals surface area contributed by atoms with Crippen molar-refractivity contribution < 1.29 is 14.3 Å². The molecule has 1 amide bonds. The van der Waals surface area contributed by atoms with Crippen LogP contribution in [0.25, 0.3) is 0 Å². The zero-order valence-electron chi connectivity index (χ0n) is 13.9. The molecule has 0 spiro atoms. The van der Waals surface area contributed by atoms with Crippen LogP contribution in [0, 0.1) is 11.8 Å². The van der Waals surface area contributed by atoms with E-state index < -0.39 is 5.97 Å². The van der Waals surface area contributed by atoms with E-state index >= 15 is 0 Å². The predicted octanol–water partition coefficient (Wildman–Crippen LogP) is 3.60. The summed E-state index contributed by atoms with van der Waals surface area (Å²) in [6.45, 7) is 2.20. The largest absolute Gasteiger partial charge is 0.465 e. The number of benzene rings is 2. The maximum absolute atomic E-state index is 12.7. The third-order valence-corrected chi connectivity index (χ3v) is 4.59. The summed E-state index contributed by atoms with van der Waals surface area (Å²) in [5.74, 6) is 0.450. The van der Waals surface area contributed by atoms with Crippen LogP contribution in [0.3, 0.4) is 0 Å². The van der Waals surface area contributed by atoms with Gasteiger partial charge >= 0.3 is 5.97 Å². The zero-order valence-corrected chi connectivity index (χ0v) is 13.9. The normalized spacial score (nSPS) is 20.1. The van der Waals surface area contributed by atoms with Crippen LogP contribution in [0.2, 0.25) is 0 Å². The predicted molar refractivity (Wildman–Crippen MR) is 91.7 cm³/mol. The molecule has 3 atom stereocenters. The van der Waals surface area contributed by atoms with E-state index in [-0.39, 0.29) is 11.9 Å². The number of methoxy groups -OCH3 is 1. The number of carbonyl (C=O) groups excluding carboxylic acids is 2. The number of carbonyl (C=O) groups is 2. The van der Waals surface area contributed by atoms with Crippen molar-refractivity contribution in [2.45, 2.75) is 19.4 Å². The monoisotopic (exact) mass is 323 g/mol. The quantitative estimate of drug-likeness (QED) is 0.855. The minimum atomic E-state index is -0.444. The Balaban J connectivity index is 1.80. The number of amides is 1. The van der Waals surface area contributed by atoms with Crippen LogP contribution in [0.15, 0.2) is 54.6 Å². The molecule has 4 nitrogen and oxygen atoms in total. The maximum atomic E-state index is 12.7. The smallest absolute Gasteiger partial charge is 0.337 e. The zero-order chi connectivity index (χ0) is 17.1. The van der Waals surface area contributed by atoms with Gasteiger partial charge in [-0.2, -0.15) is 0 Å². The molecule has 0 radical (unpaired) electrons. The number of hydrogen-bond acceptors (Lipinski definition) is 3. The van der Waals surface area contributed by atoms with Crippen molar-refractivity contribution in [1.29, 1.82) is 0 Å². The Morgan fingerprint density at radius 2 is 1.75 bits per heavy atom. The van der Waals surface area contributed by atoms with Crippen molar-refractivity contribution in [3.63, 3.8) is 0 Å². The van der Waals surface area contributed by atoms with Crippen molar-refractivity contribution in [1.82, 2.24) is 5.32 Å². The first-order chi connectivity index (χ1) is 11.6. The number of nitrogens with one attached hydrogen (secondary N) is 1. The number of hydrogen-bond donors (Lipinski definition) is 1. The molecule has 0 aromatic heterocycles. The lowest BCUT2D eigenvalue weighted by Gasteiger charge is -2.19. The molecule has 24 heavy (non-hydrogen) atoms. The van der Waals surface area contributed by atoms with Gasteiger partial charge in [-0.15, -0.1) is 0 Å². The molecule has 1 saturated carbocycles. The lowest BCUT2D eigenvalue weighted by Crippen LogP contribution is -2.30. The van der Waals surface area contributed by atoms with Gasteiger partial charge in [0.2, 0.25) is 0 Å². The Bertz CT molecular complexity index is 742. The topological polar surface area (TPSA) is 55.4 Å². The Hall–Kier alpha value is -2.62. The van der Waals surface area contributed by atoms with Crippen molar-refractivity contribution in [2.75, 3.05) is 7.11 Å². The van der Waals surface area contributed by atoms with E-state index in [0.29, 0.717) is 23.0 Å². The minimum absolute atomic E-state index is 0.00418. The van der Waals surface area contributed by atoms with E-state index in [1.807, 2.05) is 30.3 Å². The van der Waals surface area contributed by atoms with E-state index in [9.17, 15) is 9.59 Å². The van der Waals surface area contributed by atoms with Crippen LogP contribution in [-0.2, 0) is 4.74 Å². The Labute approximate surface area is 141 Å². The first-order valence-corrected chi connectivity index (χ1v) is 8.14. The standard InChI is InChI=1S/C20H21NO3/c1-13-11-17(13)18(14-7-4-3-5-8-14)21-19(22)15-9-6-10-16(12-15)20(23)24-2/h3-10,12-13,17-18H,11H2,1-2H3,(H,21,22). The van der Waals surface area contributed by atoms with Crippen LogP contribution in [-0.4, -0.2) is 19.0 Å². The summed E-state index contributed by atoms with van der Waals surface area (Å²) < 4.78 is 4.71. The fraction of sp³-hybridized carbons (Fsp3) is 0.300. The van der Waals surface area contributed by atoms with Crippen molar-refractivity contribution in [3.05, 3.63) is 71.3 Å². The van der Waals surface area contributed by atoms with Crippen LogP contribution in [0.5, 0.6) is 0 Å². The van der Waals surface area contributed by atoms with E-state index in [4.69, 9.17) is 4.74 Å². The summed E-state index contributed by atoms with van der Waals surface area (Å²) in [4.78, 5) is 24.3. The van der Waals surface area contributed by atoms with Gasteiger partial charge in [0.25, 0.3) is 5.91 Å². The summed E-state index contributed by atoms with van der Waals surface area (Å²) >= 11 is 0. The first-order valence-electron chi connectivity index (χ1n) is 8.14. The van der Waals surface area contributed by atoms with Gasteiger partial charge in [0.15, 0.2) is 0 Å². The van der Waals surface area contributed by atoms with E-state index in [1.165, 1.54) is 7.11 Å². The van der Waals surface area contributed by atoms with Crippen LogP contribution in [0.4, 0.5) is 0 Å². The van der Waals surface area contributed by atoms with Gasteiger partial charge in [-0.3, -0.25) is 4.79 Å². The van der Waals surface area contributed by atoms with Crippen LogP contribution < -0.4 is 5.32 Å². The van der Waals surface area contributed by atoms with Gasteiger partial charge in [0.05, 0.1) is 18.7 Å². The highest BCUT2D eigenvalue weighted by atomic mass is 16.5. The van der Waals surface area contributed by atoms with Gasteiger partial charge in [0, 0.05) is 5.56 Å². The molecule has 124 valence electrons. The minimum Gasteiger partial charge on any atom is -0.465 e. The highest BCUT2D eigenvalue weighted by Gasteiger charge is 2.40. The fourth-order valence-corrected chi connectivity index (χ4v) is 3.04. The second kappa shape index (κ2) is 6.87. The highest BCUT2D eigenvalue weighted by Crippen LogP contribution is 2.47. The van der Waals surface area contributed by atoms with Gasteiger partial charge < -0.3 is 10.1 Å². The molecule has 2 aromatic rings. The number of ether oxygens (including phenoxy) is 1. The molecule has 0 aliphatic heterocycles. The van der Waals surface area contributed by atoms with Crippen molar-refractivity contribution >= 4 is 11.9 Å². The molecule has 0 bridgehead atoms. The van der Waals surface area contributed by atoms with Gasteiger partial charge in [-0.25, -0.2) is 4.79 Å². The van der Waals surface area contributed by atoms with Crippen molar-refractivity contribution in [2.24, 2.45) is 11.8 Å². The molecular weight excluding hydrogens is 302 g/mol. The Kier molecular flexibility index (Phi) is 4.65. The molecule has 0 saturated heterocycles. The second-order valence-corrected chi connectivity index (χ2v) is 6.31. The molecule has 1 aliphatic carbocycles. The van der Waals surface area contributed by atoms with Crippen LogP contribution >= 0.6 is 0 Å². The third-order valence-electron chi connectivity index (χ3n) is 4.59. The van der Waals surface area contributed by atoms with Crippen molar-refractivity contribution in [3.8, 4) is 0 Å². The third kappa shape index (κ3) is 3.48. The average molecular weight is 323 g/mol. The van der Waals surface area contributed by atoms with E-state index in [0.717, 1.165) is 12.0 Å². The lowest BCUT2D eigenvalue weighted by atomic mass is 10.0. The SMILES string of the molecule is COC(=O)c1cccc(C(=O)NC(c2ccccc2)C2CC2C)c1. The van der Waals surface area contributed by atoms with Gasteiger partial charge in [-0.05, 0) is 42.0 Å². The maximum Gasteiger partial charge on any atom is 0.337 e. The molecule has 1 fully saturated rings. The lowest BCUT2D eigenvalue weighted by molar-refractivity contribution is 0.0600. The summed E-state index contributed by atoms with van der Waals surface area (Å²) in [6.07, 6.45) is 1.11. The summed E-state index contributed by atoms with van der Waals surface area (Å²) in [5.41, 5.74) is 1.96. The molecule has 1 aliphatic rings. The van der Waals surface area contributed by atoms with Gasteiger partial charge in [0.1, 0.15) is 0 Å². The number of rotatable bonds is 5. The molecule has 4 heteroatoms. The summed E-state index contributed by atoms with van der Waals surface area (Å²) in [5, 5.41) is 3.14. The van der Waals surface area contributed by atoms with Crippen LogP contribution in [0.1, 0.15) is 45.7 Å². The number of esters is 1. The molecule has 3 unspecified atom stereocenters. The average Bonchev–Trinajstić information content (AvgIpc) is 3.35. The van der Waals surface area contributed by atoms with Gasteiger partial charge in [-0.1, -0.05) is 43.3 Å². The molecule has 0 heterocycles. The highest BCUT2D eigenvalue weighted by molar-refractivity contribution is 5.98. The Morgan fingerprint density at radius 3 is 2.38 bits per heavy atom. The molecule has 3 rings (SSSR count). The molecule has 2 aromatic carbocycles. The Morgan fingerprint density at radius 1 is 1.08 bits per heavy atom.